The summed E-state index contributed by atoms with van der Waals surface area (Å²) in [5.41, 5.74) is 0.882. The van der Waals surface area contributed by atoms with Crippen molar-refractivity contribution in [2.75, 3.05) is 20.1 Å². The van der Waals surface area contributed by atoms with Gasteiger partial charge in [-0.15, -0.1) is 24.0 Å². The topological polar surface area (TPSA) is 56.7 Å². The van der Waals surface area contributed by atoms with Crippen molar-refractivity contribution >= 4 is 35.8 Å². The molecule has 0 spiro atoms. The molecule has 0 saturated heterocycles. The van der Waals surface area contributed by atoms with Crippen LogP contribution in [0.1, 0.15) is 44.6 Å². The number of nitrogens with zero attached hydrogens (tertiary/aromatic N) is 2. The summed E-state index contributed by atoms with van der Waals surface area (Å²) in [5, 5.41) is 6.29. The fourth-order valence-electron chi connectivity index (χ4n) is 3.09. The van der Waals surface area contributed by atoms with E-state index in [2.05, 4.69) is 15.6 Å². The van der Waals surface area contributed by atoms with Crippen molar-refractivity contribution in [1.82, 2.24) is 15.5 Å². The van der Waals surface area contributed by atoms with Crippen LogP contribution in [0.2, 0.25) is 0 Å². The van der Waals surface area contributed by atoms with Crippen LogP contribution in [0.4, 0.5) is 4.39 Å². The summed E-state index contributed by atoms with van der Waals surface area (Å²) in [7, 11) is 1.91. The summed E-state index contributed by atoms with van der Waals surface area (Å²) in [5.74, 6) is 0.552. The highest BCUT2D eigenvalue weighted by atomic mass is 127. The van der Waals surface area contributed by atoms with E-state index in [-0.39, 0.29) is 35.7 Å². The standard InChI is InChI=1S/C19H29FN4O.HI/c1-3-21-19(24(2)14-15-7-6-8-16(20)13-15)22-12-11-18(25)23-17-9-4-5-10-17;/h6-8,13,17H,3-5,9-12,14H2,1-2H3,(H,21,22)(H,23,25);1H. The van der Waals surface area contributed by atoms with Crippen molar-refractivity contribution < 1.29 is 9.18 Å². The fourth-order valence-corrected chi connectivity index (χ4v) is 3.09. The number of hydrogen-bond donors (Lipinski definition) is 2. The Balaban J connectivity index is 0.00000338. The van der Waals surface area contributed by atoms with Gasteiger partial charge in [0.25, 0.3) is 0 Å². The minimum atomic E-state index is -0.239. The third-order valence-electron chi connectivity index (χ3n) is 4.33. The summed E-state index contributed by atoms with van der Waals surface area (Å²) in [6, 6.07) is 6.90. The van der Waals surface area contributed by atoms with Crippen molar-refractivity contribution in [3.05, 3.63) is 35.6 Å². The van der Waals surface area contributed by atoms with Gasteiger partial charge >= 0.3 is 0 Å². The zero-order chi connectivity index (χ0) is 18.1. The third-order valence-corrected chi connectivity index (χ3v) is 4.33. The van der Waals surface area contributed by atoms with Crippen LogP contribution < -0.4 is 10.6 Å². The molecule has 1 aromatic carbocycles. The van der Waals surface area contributed by atoms with Crippen molar-refractivity contribution in [3.8, 4) is 0 Å². The van der Waals surface area contributed by atoms with E-state index in [9.17, 15) is 9.18 Å². The van der Waals surface area contributed by atoms with Crippen LogP contribution in [-0.2, 0) is 11.3 Å². The van der Waals surface area contributed by atoms with E-state index in [1.165, 1.54) is 25.0 Å². The highest BCUT2D eigenvalue weighted by Crippen LogP contribution is 2.17. The van der Waals surface area contributed by atoms with Gasteiger partial charge in [0.05, 0.1) is 6.54 Å². The van der Waals surface area contributed by atoms with Crippen LogP contribution in [0.5, 0.6) is 0 Å². The van der Waals surface area contributed by atoms with Gasteiger partial charge in [-0.25, -0.2) is 4.39 Å². The minimum absolute atomic E-state index is 0. The summed E-state index contributed by atoms with van der Waals surface area (Å²) in [6.45, 7) is 3.73. The van der Waals surface area contributed by atoms with E-state index in [0.717, 1.165) is 30.9 Å². The summed E-state index contributed by atoms with van der Waals surface area (Å²) >= 11 is 0. The SMILES string of the molecule is CCNC(=NCCC(=O)NC1CCCC1)N(C)Cc1cccc(F)c1.I. The molecule has 26 heavy (non-hydrogen) atoms. The first-order valence-corrected chi connectivity index (χ1v) is 9.11. The van der Waals surface area contributed by atoms with Crippen LogP contribution in [0.15, 0.2) is 29.3 Å². The molecule has 1 saturated carbocycles. The van der Waals surface area contributed by atoms with E-state index in [1.807, 2.05) is 24.9 Å². The molecule has 1 aliphatic rings. The lowest BCUT2D eigenvalue weighted by Gasteiger charge is -2.22. The molecule has 0 heterocycles. The van der Waals surface area contributed by atoms with Gasteiger partial charge in [0.2, 0.25) is 5.91 Å². The number of benzene rings is 1. The smallest absolute Gasteiger partial charge is 0.222 e. The highest BCUT2D eigenvalue weighted by Gasteiger charge is 2.16. The molecule has 0 bridgehead atoms. The van der Waals surface area contributed by atoms with Crippen LogP contribution >= 0.6 is 24.0 Å². The van der Waals surface area contributed by atoms with Crippen molar-refractivity contribution in [2.45, 2.75) is 51.6 Å². The molecule has 0 aliphatic heterocycles. The van der Waals surface area contributed by atoms with Crippen LogP contribution in [0.3, 0.4) is 0 Å². The number of halogens is 2. The molecular weight excluding hydrogens is 446 g/mol. The second kappa shape index (κ2) is 12.1. The molecule has 2 N–H and O–H groups in total. The predicted molar refractivity (Wildman–Crippen MR) is 114 cm³/mol. The van der Waals surface area contributed by atoms with Crippen LogP contribution in [0, 0.1) is 5.82 Å². The van der Waals surface area contributed by atoms with E-state index in [1.54, 1.807) is 6.07 Å². The van der Waals surface area contributed by atoms with Gasteiger partial charge in [0.15, 0.2) is 5.96 Å². The van der Waals surface area contributed by atoms with Gasteiger partial charge in [-0.2, -0.15) is 0 Å². The Kier molecular flexibility index (Phi) is 10.5. The number of carbonyl (C=O) groups excluding carboxylic acids is 1. The van der Waals surface area contributed by atoms with Crippen LogP contribution in [-0.4, -0.2) is 42.9 Å². The molecular formula is C19H30FIN4O. The van der Waals surface area contributed by atoms with Crippen molar-refractivity contribution in [3.63, 3.8) is 0 Å². The Morgan fingerprint density at radius 1 is 1.35 bits per heavy atom. The monoisotopic (exact) mass is 476 g/mol. The summed E-state index contributed by atoms with van der Waals surface area (Å²) < 4.78 is 13.3. The quantitative estimate of drug-likeness (QED) is 0.361. The first-order valence-electron chi connectivity index (χ1n) is 9.11. The van der Waals surface area contributed by atoms with Gasteiger partial charge < -0.3 is 15.5 Å². The zero-order valence-electron chi connectivity index (χ0n) is 15.6. The maximum absolute atomic E-state index is 13.3. The predicted octanol–water partition coefficient (Wildman–Crippen LogP) is 3.29. The Bertz CT molecular complexity index is 591. The molecule has 1 amide bonds. The number of aliphatic imine (C=N–C) groups is 1. The number of amides is 1. The number of guanidine groups is 1. The van der Waals surface area contributed by atoms with E-state index >= 15 is 0 Å². The van der Waals surface area contributed by atoms with Gasteiger partial charge in [-0.05, 0) is 37.5 Å². The molecule has 1 aromatic rings. The average Bonchev–Trinajstić information content (AvgIpc) is 3.07. The highest BCUT2D eigenvalue weighted by molar-refractivity contribution is 14.0. The van der Waals surface area contributed by atoms with Crippen LogP contribution in [0.25, 0.3) is 0 Å². The minimum Gasteiger partial charge on any atom is -0.357 e. The number of carbonyl (C=O) groups is 1. The zero-order valence-corrected chi connectivity index (χ0v) is 18.0. The van der Waals surface area contributed by atoms with Gasteiger partial charge in [-0.3, -0.25) is 9.79 Å². The Labute approximate surface area is 172 Å². The van der Waals surface area contributed by atoms with Gasteiger partial charge in [0.1, 0.15) is 5.82 Å². The molecule has 0 atom stereocenters. The maximum atomic E-state index is 13.3. The molecule has 0 unspecified atom stereocenters. The average molecular weight is 476 g/mol. The van der Waals surface area contributed by atoms with Crippen molar-refractivity contribution in [1.29, 1.82) is 0 Å². The fraction of sp³-hybridized carbons (Fsp3) is 0.579. The maximum Gasteiger partial charge on any atom is 0.222 e. The molecule has 7 heteroatoms. The van der Waals surface area contributed by atoms with E-state index in [0.29, 0.717) is 25.6 Å². The Hall–Kier alpha value is -1.38. The lowest BCUT2D eigenvalue weighted by Crippen LogP contribution is -2.39. The van der Waals surface area contributed by atoms with E-state index < -0.39 is 0 Å². The Morgan fingerprint density at radius 2 is 2.08 bits per heavy atom. The largest absolute Gasteiger partial charge is 0.357 e. The first kappa shape index (κ1) is 22.7. The number of nitrogens with one attached hydrogen (secondary N) is 2. The molecule has 1 fully saturated rings. The second-order valence-electron chi connectivity index (χ2n) is 6.52. The molecule has 0 aromatic heterocycles. The lowest BCUT2D eigenvalue weighted by molar-refractivity contribution is -0.121. The van der Waals surface area contributed by atoms with Crippen molar-refractivity contribution in [2.24, 2.45) is 4.99 Å². The molecule has 5 nitrogen and oxygen atoms in total. The third kappa shape index (κ3) is 7.88. The van der Waals surface area contributed by atoms with E-state index in [4.69, 9.17) is 0 Å². The van der Waals surface area contributed by atoms with Gasteiger partial charge in [0, 0.05) is 32.6 Å². The number of hydrogen-bond acceptors (Lipinski definition) is 2. The lowest BCUT2D eigenvalue weighted by atomic mass is 10.2. The number of rotatable bonds is 7. The molecule has 146 valence electrons. The summed E-state index contributed by atoms with van der Waals surface area (Å²) in [4.78, 5) is 18.4. The molecule has 2 rings (SSSR count). The Morgan fingerprint density at radius 3 is 2.73 bits per heavy atom. The molecule has 1 aliphatic carbocycles. The first-order chi connectivity index (χ1) is 12.1. The molecule has 0 radical (unpaired) electrons. The normalized spacial score (nSPS) is 14.7. The van der Waals surface area contributed by atoms with Gasteiger partial charge in [-0.1, -0.05) is 25.0 Å². The summed E-state index contributed by atoms with van der Waals surface area (Å²) in [6.07, 6.45) is 4.98. The second-order valence-corrected chi connectivity index (χ2v) is 6.52.